The van der Waals surface area contributed by atoms with E-state index in [-0.39, 0.29) is 5.91 Å². The largest absolute Gasteiger partial charge is 0.352 e. The Bertz CT molecular complexity index is 483. The van der Waals surface area contributed by atoms with Crippen molar-refractivity contribution in [2.75, 3.05) is 31.6 Å². The third-order valence-electron chi connectivity index (χ3n) is 4.02. The molecular weight excluding hydrogens is 264 g/mol. The molecule has 1 aliphatic rings. The van der Waals surface area contributed by atoms with E-state index in [2.05, 4.69) is 22.6 Å². The molecule has 116 valence electrons. The Kier molecular flexibility index (Phi) is 5.59. The van der Waals surface area contributed by atoms with E-state index in [0.717, 1.165) is 17.8 Å². The molecule has 0 bridgehead atoms. The molecule has 1 heterocycles. The predicted octanol–water partition coefficient (Wildman–Crippen LogP) is 1.74. The van der Waals surface area contributed by atoms with Crippen molar-refractivity contribution in [3.05, 3.63) is 29.3 Å². The molecule has 4 N–H and O–H groups in total. The summed E-state index contributed by atoms with van der Waals surface area (Å²) in [7, 11) is 0. The van der Waals surface area contributed by atoms with Gasteiger partial charge in [0.2, 0.25) is 0 Å². The predicted molar refractivity (Wildman–Crippen MR) is 86.2 cm³/mol. The highest BCUT2D eigenvalue weighted by atomic mass is 16.1. The average Bonchev–Trinajstić information content (AvgIpc) is 2.97. The van der Waals surface area contributed by atoms with Crippen LogP contribution in [-0.2, 0) is 0 Å². The van der Waals surface area contributed by atoms with Gasteiger partial charge in [0.1, 0.15) is 0 Å². The Labute approximate surface area is 126 Å². The van der Waals surface area contributed by atoms with E-state index >= 15 is 0 Å². The standard InChI is InChI=1S/C16H26N4O/c1-12(11-20-7-3-4-8-20)10-18-16(21)14-5-6-15(19-17)13(2)9-14/h5-6,9,12,19H,3-4,7-8,10-11,17H2,1-2H3,(H,18,21). The first kappa shape index (κ1) is 15.8. The second-order valence-corrected chi connectivity index (χ2v) is 6.00. The minimum absolute atomic E-state index is 0.0186. The fourth-order valence-electron chi connectivity index (χ4n) is 2.81. The Balaban J connectivity index is 1.82. The minimum atomic E-state index is -0.0186. The monoisotopic (exact) mass is 290 g/mol. The van der Waals surface area contributed by atoms with E-state index in [4.69, 9.17) is 5.84 Å². The summed E-state index contributed by atoms with van der Waals surface area (Å²) in [5.41, 5.74) is 5.10. The van der Waals surface area contributed by atoms with E-state index in [9.17, 15) is 4.79 Å². The number of benzene rings is 1. The van der Waals surface area contributed by atoms with Crippen LogP contribution in [0.25, 0.3) is 0 Å². The number of nitrogens with one attached hydrogen (secondary N) is 2. The van der Waals surface area contributed by atoms with Crippen molar-refractivity contribution in [1.82, 2.24) is 10.2 Å². The molecule has 0 aromatic heterocycles. The zero-order valence-corrected chi connectivity index (χ0v) is 13.0. The van der Waals surface area contributed by atoms with Crippen molar-refractivity contribution < 1.29 is 4.79 Å². The molecule has 5 nitrogen and oxygen atoms in total. The number of nitrogen functional groups attached to an aromatic ring is 1. The molecule has 5 heteroatoms. The van der Waals surface area contributed by atoms with Crippen molar-refractivity contribution in [3.63, 3.8) is 0 Å². The lowest BCUT2D eigenvalue weighted by molar-refractivity contribution is 0.0945. The third-order valence-corrected chi connectivity index (χ3v) is 4.02. The average molecular weight is 290 g/mol. The summed E-state index contributed by atoms with van der Waals surface area (Å²) in [6.07, 6.45) is 2.61. The topological polar surface area (TPSA) is 70.4 Å². The van der Waals surface area contributed by atoms with Gasteiger partial charge in [-0.05, 0) is 62.5 Å². The molecule has 0 spiro atoms. The Morgan fingerprint density at radius 2 is 2.10 bits per heavy atom. The van der Waals surface area contributed by atoms with Crippen molar-refractivity contribution in [1.29, 1.82) is 0 Å². The maximum Gasteiger partial charge on any atom is 0.251 e. The van der Waals surface area contributed by atoms with Crippen LogP contribution >= 0.6 is 0 Å². The first-order valence-electron chi connectivity index (χ1n) is 7.68. The van der Waals surface area contributed by atoms with Crippen LogP contribution in [0, 0.1) is 12.8 Å². The highest BCUT2D eigenvalue weighted by molar-refractivity contribution is 5.94. The quantitative estimate of drug-likeness (QED) is 0.551. The minimum Gasteiger partial charge on any atom is -0.352 e. The summed E-state index contributed by atoms with van der Waals surface area (Å²) in [6.45, 7) is 8.30. The number of carbonyl (C=O) groups excluding carboxylic acids is 1. The molecule has 1 unspecified atom stereocenters. The molecule has 21 heavy (non-hydrogen) atoms. The summed E-state index contributed by atoms with van der Waals surface area (Å²) in [5.74, 6) is 5.85. The molecule has 1 amide bonds. The number of anilines is 1. The van der Waals surface area contributed by atoms with Crippen LogP contribution in [0.5, 0.6) is 0 Å². The van der Waals surface area contributed by atoms with E-state index in [0.29, 0.717) is 18.0 Å². The molecule has 1 aromatic rings. The second-order valence-electron chi connectivity index (χ2n) is 6.00. The van der Waals surface area contributed by atoms with E-state index in [1.807, 2.05) is 19.1 Å². The maximum atomic E-state index is 12.2. The van der Waals surface area contributed by atoms with Gasteiger partial charge in [0.15, 0.2) is 0 Å². The van der Waals surface area contributed by atoms with Crippen molar-refractivity contribution in [2.45, 2.75) is 26.7 Å². The van der Waals surface area contributed by atoms with Gasteiger partial charge in [0.05, 0.1) is 5.69 Å². The van der Waals surface area contributed by atoms with Crippen LogP contribution < -0.4 is 16.6 Å². The lowest BCUT2D eigenvalue weighted by Gasteiger charge is -2.20. The van der Waals surface area contributed by atoms with Gasteiger partial charge in [-0.25, -0.2) is 0 Å². The number of nitrogens with two attached hydrogens (primary N) is 1. The van der Waals surface area contributed by atoms with Gasteiger partial charge < -0.3 is 15.6 Å². The highest BCUT2D eigenvalue weighted by Crippen LogP contribution is 2.15. The molecule has 1 atom stereocenters. The van der Waals surface area contributed by atoms with E-state index in [1.54, 1.807) is 6.07 Å². The van der Waals surface area contributed by atoms with Gasteiger partial charge in [-0.1, -0.05) is 6.92 Å². The smallest absolute Gasteiger partial charge is 0.251 e. The third kappa shape index (κ3) is 4.44. The summed E-state index contributed by atoms with van der Waals surface area (Å²) < 4.78 is 0. The molecule has 1 aromatic carbocycles. The normalized spacial score (nSPS) is 16.7. The Morgan fingerprint density at radius 3 is 2.71 bits per heavy atom. The summed E-state index contributed by atoms with van der Waals surface area (Å²) in [4.78, 5) is 14.6. The van der Waals surface area contributed by atoms with Crippen LogP contribution in [0.2, 0.25) is 0 Å². The van der Waals surface area contributed by atoms with Crippen LogP contribution in [0.1, 0.15) is 35.7 Å². The van der Waals surface area contributed by atoms with E-state index in [1.165, 1.54) is 25.9 Å². The van der Waals surface area contributed by atoms with Crippen molar-refractivity contribution in [2.24, 2.45) is 11.8 Å². The van der Waals surface area contributed by atoms with E-state index < -0.39 is 0 Å². The lowest BCUT2D eigenvalue weighted by Crippen LogP contribution is -2.34. The first-order chi connectivity index (χ1) is 10.1. The molecule has 1 saturated heterocycles. The maximum absolute atomic E-state index is 12.2. The van der Waals surface area contributed by atoms with Crippen molar-refractivity contribution >= 4 is 11.6 Å². The van der Waals surface area contributed by atoms with Crippen LogP contribution in [0.3, 0.4) is 0 Å². The number of hydrogen-bond donors (Lipinski definition) is 3. The summed E-state index contributed by atoms with van der Waals surface area (Å²) >= 11 is 0. The Morgan fingerprint density at radius 1 is 1.38 bits per heavy atom. The van der Waals surface area contributed by atoms with Crippen molar-refractivity contribution in [3.8, 4) is 0 Å². The number of nitrogens with zero attached hydrogens (tertiary/aromatic N) is 1. The molecular formula is C16H26N4O. The number of likely N-dealkylation sites (tertiary alicyclic amines) is 1. The molecule has 2 rings (SSSR count). The molecule has 0 radical (unpaired) electrons. The molecule has 0 saturated carbocycles. The van der Waals surface area contributed by atoms with Crippen LogP contribution in [0.15, 0.2) is 18.2 Å². The number of carbonyl (C=O) groups is 1. The number of rotatable bonds is 6. The second kappa shape index (κ2) is 7.43. The van der Waals surface area contributed by atoms with Crippen LogP contribution in [0.4, 0.5) is 5.69 Å². The van der Waals surface area contributed by atoms with Crippen LogP contribution in [-0.4, -0.2) is 37.0 Å². The SMILES string of the molecule is Cc1cc(C(=O)NCC(C)CN2CCCC2)ccc1NN. The first-order valence-corrected chi connectivity index (χ1v) is 7.68. The molecule has 1 fully saturated rings. The number of amides is 1. The summed E-state index contributed by atoms with van der Waals surface area (Å²) in [6, 6.07) is 5.48. The van der Waals surface area contributed by atoms with Gasteiger partial charge in [0, 0.05) is 18.7 Å². The molecule has 1 aliphatic heterocycles. The zero-order valence-electron chi connectivity index (χ0n) is 13.0. The lowest BCUT2D eigenvalue weighted by atomic mass is 10.1. The summed E-state index contributed by atoms with van der Waals surface area (Å²) in [5, 5.41) is 3.02. The van der Waals surface area contributed by atoms with Gasteiger partial charge in [-0.2, -0.15) is 0 Å². The fraction of sp³-hybridized carbons (Fsp3) is 0.562. The number of aryl methyl sites for hydroxylation is 1. The number of hydrazine groups is 1. The fourth-order valence-corrected chi connectivity index (χ4v) is 2.81. The van der Waals surface area contributed by atoms with Gasteiger partial charge in [0.25, 0.3) is 5.91 Å². The van der Waals surface area contributed by atoms with Gasteiger partial charge >= 0.3 is 0 Å². The highest BCUT2D eigenvalue weighted by Gasteiger charge is 2.15. The van der Waals surface area contributed by atoms with Gasteiger partial charge in [-0.15, -0.1) is 0 Å². The molecule has 0 aliphatic carbocycles. The zero-order chi connectivity index (χ0) is 15.2. The van der Waals surface area contributed by atoms with Gasteiger partial charge in [-0.3, -0.25) is 10.6 Å². The number of hydrogen-bond acceptors (Lipinski definition) is 4. The Hall–Kier alpha value is -1.59.